The standard InChI is InChI=1S/C25H28ClN5O4S/c1-5-31-22(21(15(2)3)28-23(33)16-9-7-6-8-10-16)29-30-25(31)36-14-20(32)27-19-13-17(24(34)35-4)11-12-18(19)26/h6-13,15,21H,5,14H2,1-4H3,(H,27,32)(H,28,33). The number of ether oxygens (including phenoxy) is 1. The zero-order chi connectivity index (χ0) is 26.2. The number of esters is 1. The minimum absolute atomic E-state index is 0.0413. The zero-order valence-electron chi connectivity index (χ0n) is 20.4. The molecule has 2 aromatic carbocycles. The Morgan fingerprint density at radius 2 is 1.81 bits per heavy atom. The molecule has 1 heterocycles. The Balaban J connectivity index is 1.71. The second-order valence-electron chi connectivity index (χ2n) is 8.17. The van der Waals surface area contributed by atoms with E-state index in [4.69, 9.17) is 16.3 Å². The van der Waals surface area contributed by atoms with Crippen molar-refractivity contribution in [3.05, 3.63) is 70.5 Å². The van der Waals surface area contributed by atoms with Crippen molar-refractivity contribution in [1.29, 1.82) is 0 Å². The normalized spacial score (nSPS) is 11.7. The Kier molecular flexibility index (Phi) is 9.49. The molecule has 0 bridgehead atoms. The Hall–Kier alpha value is -3.37. The number of methoxy groups -OCH3 is 1. The number of hydrogen-bond donors (Lipinski definition) is 2. The number of amides is 2. The third-order valence-corrected chi connectivity index (χ3v) is 6.62. The van der Waals surface area contributed by atoms with E-state index in [1.807, 2.05) is 43.5 Å². The maximum Gasteiger partial charge on any atom is 0.337 e. The van der Waals surface area contributed by atoms with Crippen LogP contribution in [0.1, 0.15) is 53.4 Å². The molecule has 1 unspecified atom stereocenters. The van der Waals surface area contributed by atoms with Crippen LogP contribution in [-0.2, 0) is 16.1 Å². The van der Waals surface area contributed by atoms with Crippen LogP contribution in [0.15, 0.2) is 53.7 Å². The first-order valence-corrected chi connectivity index (χ1v) is 12.7. The van der Waals surface area contributed by atoms with E-state index >= 15 is 0 Å². The summed E-state index contributed by atoms with van der Waals surface area (Å²) in [5, 5.41) is 15.2. The van der Waals surface area contributed by atoms with Gasteiger partial charge in [0.05, 0.1) is 35.2 Å². The number of carbonyl (C=O) groups is 3. The molecule has 11 heteroatoms. The molecule has 0 spiro atoms. The summed E-state index contributed by atoms with van der Waals surface area (Å²) in [7, 11) is 1.28. The summed E-state index contributed by atoms with van der Waals surface area (Å²) >= 11 is 7.39. The van der Waals surface area contributed by atoms with Gasteiger partial charge in [0, 0.05) is 12.1 Å². The van der Waals surface area contributed by atoms with Gasteiger partial charge in [-0.3, -0.25) is 9.59 Å². The minimum atomic E-state index is -0.529. The summed E-state index contributed by atoms with van der Waals surface area (Å²) in [5.74, 6) is -0.335. The number of benzene rings is 2. The third kappa shape index (κ3) is 6.64. The highest BCUT2D eigenvalue weighted by Crippen LogP contribution is 2.27. The number of rotatable bonds is 10. The number of aromatic nitrogens is 3. The molecule has 1 atom stereocenters. The van der Waals surface area contributed by atoms with Crippen molar-refractivity contribution in [3.8, 4) is 0 Å². The molecule has 2 N–H and O–H groups in total. The largest absolute Gasteiger partial charge is 0.465 e. The minimum Gasteiger partial charge on any atom is -0.465 e. The number of halogens is 1. The van der Waals surface area contributed by atoms with E-state index in [9.17, 15) is 14.4 Å². The van der Waals surface area contributed by atoms with Crippen molar-refractivity contribution >= 4 is 46.8 Å². The number of carbonyl (C=O) groups excluding carboxylic acids is 3. The second kappa shape index (κ2) is 12.5. The molecule has 0 fully saturated rings. The fourth-order valence-corrected chi connectivity index (χ4v) is 4.43. The first kappa shape index (κ1) is 27.2. The Labute approximate surface area is 219 Å². The lowest BCUT2D eigenvalue weighted by atomic mass is 10.0. The lowest BCUT2D eigenvalue weighted by molar-refractivity contribution is -0.113. The van der Waals surface area contributed by atoms with Gasteiger partial charge >= 0.3 is 5.97 Å². The highest BCUT2D eigenvalue weighted by molar-refractivity contribution is 7.99. The molecule has 0 saturated heterocycles. The van der Waals surface area contributed by atoms with E-state index in [-0.39, 0.29) is 35.1 Å². The molecule has 0 radical (unpaired) electrons. The number of nitrogens with one attached hydrogen (secondary N) is 2. The van der Waals surface area contributed by atoms with Gasteiger partial charge in [-0.05, 0) is 43.2 Å². The van der Waals surface area contributed by atoms with Gasteiger partial charge in [-0.2, -0.15) is 0 Å². The van der Waals surface area contributed by atoms with Crippen LogP contribution in [0.3, 0.4) is 0 Å². The third-order valence-electron chi connectivity index (χ3n) is 5.32. The van der Waals surface area contributed by atoms with Gasteiger partial charge in [-0.25, -0.2) is 4.79 Å². The van der Waals surface area contributed by atoms with Crippen molar-refractivity contribution in [2.75, 3.05) is 18.2 Å². The Morgan fingerprint density at radius 1 is 1.08 bits per heavy atom. The van der Waals surface area contributed by atoms with E-state index < -0.39 is 5.97 Å². The predicted octanol–water partition coefficient (Wildman–Crippen LogP) is 4.60. The number of anilines is 1. The van der Waals surface area contributed by atoms with Crippen LogP contribution < -0.4 is 10.6 Å². The second-order valence-corrected chi connectivity index (χ2v) is 9.52. The summed E-state index contributed by atoms with van der Waals surface area (Å²) < 4.78 is 6.60. The molecule has 36 heavy (non-hydrogen) atoms. The fraction of sp³-hybridized carbons (Fsp3) is 0.320. The molecule has 9 nitrogen and oxygen atoms in total. The lowest BCUT2D eigenvalue weighted by Crippen LogP contribution is -2.33. The van der Waals surface area contributed by atoms with E-state index in [0.29, 0.717) is 33.8 Å². The molecule has 190 valence electrons. The molecular weight excluding hydrogens is 502 g/mol. The molecule has 1 aromatic heterocycles. The topological polar surface area (TPSA) is 115 Å². The average molecular weight is 530 g/mol. The Morgan fingerprint density at radius 3 is 2.44 bits per heavy atom. The molecule has 0 aliphatic heterocycles. The van der Waals surface area contributed by atoms with Gasteiger partial charge in [0.1, 0.15) is 0 Å². The van der Waals surface area contributed by atoms with Gasteiger partial charge in [0.2, 0.25) is 5.91 Å². The summed E-state index contributed by atoms with van der Waals surface area (Å²) in [6, 6.07) is 13.1. The van der Waals surface area contributed by atoms with Crippen LogP contribution in [0.25, 0.3) is 0 Å². The van der Waals surface area contributed by atoms with Crippen molar-refractivity contribution in [1.82, 2.24) is 20.1 Å². The van der Waals surface area contributed by atoms with E-state index in [1.165, 1.54) is 37.1 Å². The van der Waals surface area contributed by atoms with Crippen molar-refractivity contribution < 1.29 is 19.1 Å². The van der Waals surface area contributed by atoms with Gasteiger partial charge in [0.25, 0.3) is 5.91 Å². The molecule has 3 aromatic rings. The molecule has 3 rings (SSSR count). The summed E-state index contributed by atoms with van der Waals surface area (Å²) in [6.45, 7) is 6.50. The van der Waals surface area contributed by atoms with E-state index in [1.54, 1.807) is 12.1 Å². The smallest absolute Gasteiger partial charge is 0.337 e. The highest BCUT2D eigenvalue weighted by atomic mass is 35.5. The fourth-order valence-electron chi connectivity index (χ4n) is 3.46. The summed E-state index contributed by atoms with van der Waals surface area (Å²) in [5.41, 5.74) is 1.15. The van der Waals surface area contributed by atoms with Gasteiger partial charge in [-0.1, -0.05) is 55.4 Å². The van der Waals surface area contributed by atoms with Crippen LogP contribution in [0, 0.1) is 5.92 Å². The number of thioether (sulfide) groups is 1. The van der Waals surface area contributed by atoms with Gasteiger partial charge in [0.15, 0.2) is 11.0 Å². The maximum absolute atomic E-state index is 12.8. The molecule has 0 aliphatic carbocycles. The van der Waals surface area contributed by atoms with E-state index in [0.717, 1.165) is 0 Å². The highest BCUT2D eigenvalue weighted by Gasteiger charge is 2.26. The monoisotopic (exact) mass is 529 g/mol. The number of nitrogens with zero attached hydrogens (tertiary/aromatic N) is 3. The predicted molar refractivity (Wildman–Crippen MR) is 139 cm³/mol. The number of hydrogen-bond acceptors (Lipinski definition) is 7. The van der Waals surface area contributed by atoms with Crippen molar-refractivity contribution in [2.45, 2.75) is 38.5 Å². The lowest BCUT2D eigenvalue weighted by Gasteiger charge is -2.22. The van der Waals surface area contributed by atoms with Crippen molar-refractivity contribution in [2.24, 2.45) is 5.92 Å². The molecule has 0 saturated carbocycles. The quantitative estimate of drug-likeness (QED) is 0.291. The van der Waals surface area contributed by atoms with Crippen LogP contribution in [0.5, 0.6) is 0 Å². The van der Waals surface area contributed by atoms with Crippen LogP contribution in [0.4, 0.5) is 5.69 Å². The Bertz CT molecular complexity index is 1230. The molecule has 2 amide bonds. The average Bonchev–Trinajstić information content (AvgIpc) is 3.29. The van der Waals surface area contributed by atoms with Crippen molar-refractivity contribution in [3.63, 3.8) is 0 Å². The maximum atomic E-state index is 12.8. The van der Waals surface area contributed by atoms with Gasteiger partial charge in [-0.15, -0.1) is 10.2 Å². The van der Waals surface area contributed by atoms with Gasteiger partial charge < -0.3 is 19.9 Å². The summed E-state index contributed by atoms with van der Waals surface area (Å²) in [6.07, 6.45) is 0. The van der Waals surface area contributed by atoms with E-state index in [2.05, 4.69) is 20.8 Å². The van der Waals surface area contributed by atoms with Crippen LogP contribution >= 0.6 is 23.4 Å². The van der Waals surface area contributed by atoms with Crippen LogP contribution in [-0.4, -0.2) is 45.4 Å². The SMILES string of the molecule is CCn1c(SCC(=O)Nc2cc(C(=O)OC)ccc2Cl)nnc1C(NC(=O)c1ccccc1)C(C)C. The molecule has 0 aliphatic rings. The summed E-state index contributed by atoms with van der Waals surface area (Å²) in [4.78, 5) is 37.2. The first-order chi connectivity index (χ1) is 17.2. The van der Waals surface area contributed by atoms with Crippen LogP contribution in [0.2, 0.25) is 5.02 Å². The molecular formula is C25H28ClN5O4S. The zero-order valence-corrected chi connectivity index (χ0v) is 22.0. The first-order valence-electron chi connectivity index (χ1n) is 11.3.